The number of aromatic amines is 1. The van der Waals surface area contributed by atoms with Crippen LogP contribution in [0.25, 0.3) is 0 Å². The molecule has 0 unspecified atom stereocenters. The molecular weight excluding hydrogens is 408 g/mol. The number of fused-ring (bicyclic) bond motifs is 2. The summed E-state index contributed by atoms with van der Waals surface area (Å²) in [5.74, 6) is 0.344. The number of halogens is 1. The molecule has 2 fully saturated rings. The number of carbonyl (C=O) groups excluding carboxylic acids is 2. The molecule has 6 nitrogen and oxygen atoms in total. The van der Waals surface area contributed by atoms with Gasteiger partial charge in [-0.25, -0.2) is 0 Å². The number of aromatic nitrogens is 2. The van der Waals surface area contributed by atoms with Crippen molar-refractivity contribution in [2.24, 2.45) is 0 Å². The van der Waals surface area contributed by atoms with Crippen LogP contribution in [0.2, 0.25) is 0 Å². The molecule has 2 N–H and O–H groups in total. The summed E-state index contributed by atoms with van der Waals surface area (Å²) in [4.78, 5) is 27.1. The van der Waals surface area contributed by atoms with Crippen molar-refractivity contribution in [3.05, 3.63) is 51.8 Å². The number of benzene rings is 1. The van der Waals surface area contributed by atoms with Crippen LogP contribution >= 0.6 is 15.9 Å². The van der Waals surface area contributed by atoms with E-state index in [0.29, 0.717) is 12.5 Å². The molecule has 0 bridgehead atoms. The predicted octanol–water partition coefficient (Wildman–Crippen LogP) is 2.72. The molecule has 27 heavy (non-hydrogen) atoms. The first-order chi connectivity index (χ1) is 13.0. The van der Waals surface area contributed by atoms with Crippen molar-refractivity contribution in [1.82, 2.24) is 20.4 Å². The molecule has 1 aliphatic heterocycles. The lowest BCUT2D eigenvalue weighted by Crippen LogP contribution is -2.51. The van der Waals surface area contributed by atoms with Gasteiger partial charge in [-0.3, -0.25) is 14.7 Å². The number of hydrogen-bond donors (Lipinski definition) is 2. The van der Waals surface area contributed by atoms with Crippen molar-refractivity contribution < 1.29 is 9.59 Å². The van der Waals surface area contributed by atoms with Crippen molar-refractivity contribution >= 4 is 27.7 Å². The van der Waals surface area contributed by atoms with Gasteiger partial charge in [0.15, 0.2) is 0 Å². The first-order valence-electron chi connectivity index (χ1n) is 9.42. The minimum Gasteiger partial charge on any atom is -0.352 e. The van der Waals surface area contributed by atoms with Crippen LogP contribution in [-0.2, 0) is 10.2 Å². The Labute approximate surface area is 165 Å². The van der Waals surface area contributed by atoms with Crippen LogP contribution in [0.3, 0.4) is 0 Å². The minimum atomic E-state index is -0.0622. The zero-order chi connectivity index (χ0) is 18.6. The first-order valence-corrected chi connectivity index (χ1v) is 10.2. The van der Waals surface area contributed by atoms with Gasteiger partial charge in [-0.15, -0.1) is 0 Å². The molecule has 3 aliphatic rings. The van der Waals surface area contributed by atoms with E-state index in [0.717, 1.165) is 47.0 Å². The van der Waals surface area contributed by atoms with Gasteiger partial charge in [-0.2, -0.15) is 5.10 Å². The second-order valence-electron chi connectivity index (χ2n) is 8.08. The van der Waals surface area contributed by atoms with Gasteiger partial charge in [0.05, 0.1) is 6.54 Å². The monoisotopic (exact) mass is 428 g/mol. The van der Waals surface area contributed by atoms with Gasteiger partial charge in [0, 0.05) is 45.8 Å². The molecule has 5 rings (SSSR count). The standard InChI is InChI=1S/C20H21BrN4O2/c21-13-1-2-15-16(9-13)20(4-5-20)11-25(19(15)27)10-18(26)23-14-7-12(8-14)17-3-6-22-24-17/h1-3,6,9,12,14H,4-5,7-8,10-11H2,(H,22,24)(H,23,26). The van der Waals surface area contributed by atoms with E-state index in [1.54, 1.807) is 11.1 Å². The molecule has 7 heteroatoms. The van der Waals surface area contributed by atoms with E-state index in [-0.39, 0.29) is 29.8 Å². The average Bonchev–Trinajstić information content (AvgIpc) is 3.17. The third-order valence-electron chi connectivity index (χ3n) is 6.22. The molecule has 1 aromatic carbocycles. The van der Waals surface area contributed by atoms with Gasteiger partial charge < -0.3 is 10.2 Å². The topological polar surface area (TPSA) is 78.1 Å². The second-order valence-corrected chi connectivity index (χ2v) is 8.99. The van der Waals surface area contributed by atoms with Gasteiger partial charge in [0.2, 0.25) is 5.91 Å². The predicted molar refractivity (Wildman–Crippen MR) is 103 cm³/mol. The Morgan fingerprint density at radius 1 is 1.33 bits per heavy atom. The number of nitrogens with zero attached hydrogens (tertiary/aromatic N) is 2. The number of nitrogens with one attached hydrogen (secondary N) is 2. The zero-order valence-corrected chi connectivity index (χ0v) is 16.5. The summed E-state index contributed by atoms with van der Waals surface area (Å²) in [6.07, 6.45) is 5.76. The molecule has 2 amide bonds. The fourth-order valence-corrected chi connectivity index (χ4v) is 4.83. The Morgan fingerprint density at radius 2 is 2.15 bits per heavy atom. The molecule has 1 spiro atoms. The van der Waals surface area contributed by atoms with Crippen molar-refractivity contribution in [1.29, 1.82) is 0 Å². The minimum absolute atomic E-state index is 0.0332. The SMILES string of the molecule is O=C(CN1CC2(CC2)c2cc(Br)ccc2C1=O)NC1CC(c2ccn[nH]2)C1. The summed E-state index contributed by atoms with van der Waals surface area (Å²) in [5.41, 5.74) is 3.07. The Hall–Kier alpha value is -2.15. The molecular formula is C20H21BrN4O2. The van der Waals surface area contributed by atoms with E-state index in [1.807, 2.05) is 18.2 Å². The maximum atomic E-state index is 12.9. The normalized spacial score (nSPS) is 25.1. The van der Waals surface area contributed by atoms with E-state index in [4.69, 9.17) is 0 Å². The van der Waals surface area contributed by atoms with Crippen LogP contribution in [0.1, 0.15) is 53.2 Å². The number of amides is 2. The largest absolute Gasteiger partial charge is 0.352 e. The lowest BCUT2D eigenvalue weighted by Gasteiger charge is -2.37. The Kier molecular flexibility index (Phi) is 3.89. The fourth-order valence-electron chi connectivity index (χ4n) is 4.47. The van der Waals surface area contributed by atoms with E-state index < -0.39 is 0 Å². The van der Waals surface area contributed by atoms with Crippen molar-refractivity contribution in [3.8, 4) is 0 Å². The molecule has 2 saturated carbocycles. The first kappa shape index (κ1) is 17.0. The Balaban J connectivity index is 1.22. The quantitative estimate of drug-likeness (QED) is 0.785. The van der Waals surface area contributed by atoms with Crippen LogP contribution in [0, 0.1) is 0 Å². The average molecular weight is 429 g/mol. The van der Waals surface area contributed by atoms with Crippen LogP contribution in [0.5, 0.6) is 0 Å². The highest BCUT2D eigenvalue weighted by atomic mass is 79.9. The molecule has 2 aromatic rings. The number of carbonyl (C=O) groups is 2. The summed E-state index contributed by atoms with van der Waals surface area (Å²) in [7, 11) is 0. The van der Waals surface area contributed by atoms with Gasteiger partial charge in [0.25, 0.3) is 5.91 Å². The number of H-pyrrole nitrogens is 1. The molecule has 0 radical (unpaired) electrons. The maximum absolute atomic E-state index is 12.9. The molecule has 2 aliphatic carbocycles. The molecule has 0 saturated heterocycles. The summed E-state index contributed by atoms with van der Waals surface area (Å²) in [5, 5.41) is 10.1. The van der Waals surface area contributed by atoms with Crippen LogP contribution in [0.4, 0.5) is 0 Å². The van der Waals surface area contributed by atoms with E-state index in [1.165, 1.54) is 0 Å². The summed E-state index contributed by atoms with van der Waals surface area (Å²) in [6, 6.07) is 8.03. The second kappa shape index (κ2) is 6.19. The van der Waals surface area contributed by atoms with Gasteiger partial charge in [0.1, 0.15) is 0 Å². The van der Waals surface area contributed by atoms with Crippen LogP contribution in [-0.4, -0.2) is 46.0 Å². The lowest BCUT2D eigenvalue weighted by molar-refractivity contribution is -0.123. The smallest absolute Gasteiger partial charge is 0.254 e. The summed E-state index contributed by atoms with van der Waals surface area (Å²) in [6.45, 7) is 0.783. The third kappa shape index (κ3) is 2.98. The van der Waals surface area contributed by atoms with E-state index in [2.05, 4.69) is 37.5 Å². The molecule has 0 atom stereocenters. The van der Waals surface area contributed by atoms with Gasteiger partial charge in [-0.05, 0) is 55.5 Å². The third-order valence-corrected chi connectivity index (χ3v) is 6.71. The molecule has 1 aromatic heterocycles. The Morgan fingerprint density at radius 3 is 2.85 bits per heavy atom. The zero-order valence-electron chi connectivity index (χ0n) is 14.9. The van der Waals surface area contributed by atoms with Gasteiger partial charge in [-0.1, -0.05) is 15.9 Å². The number of rotatable bonds is 4. The van der Waals surface area contributed by atoms with E-state index in [9.17, 15) is 9.59 Å². The lowest BCUT2D eigenvalue weighted by atomic mass is 9.78. The molecule has 2 heterocycles. The van der Waals surface area contributed by atoms with Crippen molar-refractivity contribution in [2.45, 2.75) is 43.1 Å². The van der Waals surface area contributed by atoms with Crippen LogP contribution in [0.15, 0.2) is 34.9 Å². The fraction of sp³-hybridized carbons (Fsp3) is 0.450. The highest BCUT2D eigenvalue weighted by Gasteiger charge is 2.51. The highest BCUT2D eigenvalue weighted by Crippen LogP contribution is 2.52. The maximum Gasteiger partial charge on any atom is 0.254 e. The van der Waals surface area contributed by atoms with Crippen LogP contribution < -0.4 is 5.32 Å². The molecule has 140 valence electrons. The van der Waals surface area contributed by atoms with Crippen molar-refractivity contribution in [3.63, 3.8) is 0 Å². The summed E-state index contributed by atoms with van der Waals surface area (Å²) < 4.78 is 1.00. The van der Waals surface area contributed by atoms with Crippen molar-refractivity contribution in [2.75, 3.05) is 13.1 Å². The highest BCUT2D eigenvalue weighted by molar-refractivity contribution is 9.10. The Bertz CT molecular complexity index is 901. The van der Waals surface area contributed by atoms with E-state index >= 15 is 0 Å². The van der Waals surface area contributed by atoms with Gasteiger partial charge >= 0.3 is 0 Å². The number of hydrogen-bond acceptors (Lipinski definition) is 3. The summed E-state index contributed by atoms with van der Waals surface area (Å²) >= 11 is 3.51.